The maximum absolute atomic E-state index is 4.64. The maximum Gasteiger partial charge on any atom is 0.165 e. The number of nitrogens with zero attached hydrogens (tertiary/aromatic N) is 5. The second-order valence-electron chi connectivity index (χ2n) is 4.54. The Labute approximate surface area is 108 Å². The summed E-state index contributed by atoms with van der Waals surface area (Å²) in [4.78, 5) is 11.3. The highest BCUT2D eigenvalue weighted by molar-refractivity contribution is 7.21. The Kier molecular flexibility index (Phi) is 1.89. The van der Waals surface area contributed by atoms with Crippen LogP contribution in [0.4, 0.5) is 5.69 Å². The molecule has 2 aromatic heterocycles. The van der Waals surface area contributed by atoms with Crippen LogP contribution in [0.15, 0.2) is 21.4 Å². The predicted molar refractivity (Wildman–Crippen MR) is 71.7 cm³/mol. The summed E-state index contributed by atoms with van der Waals surface area (Å²) in [5.74, 6) is 0.957. The number of rotatable bonds is 0. The van der Waals surface area contributed by atoms with Crippen LogP contribution in [0.5, 0.6) is 0 Å². The second-order valence-corrected chi connectivity index (χ2v) is 5.54. The lowest BCUT2D eigenvalue weighted by Crippen LogP contribution is -2.23. The Hall–Kier alpha value is -1.82. The van der Waals surface area contributed by atoms with E-state index in [1.165, 1.54) is 5.56 Å². The van der Waals surface area contributed by atoms with Crippen LogP contribution >= 0.6 is 11.3 Å². The van der Waals surface area contributed by atoms with Crippen molar-refractivity contribution in [3.05, 3.63) is 22.2 Å². The molecule has 4 rings (SSSR count). The Balaban J connectivity index is 2.06. The summed E-state index contributed by atoms with van der Waals surface area (Å²) in [5, 5.41) is 11.5. The number of aliphatic imine (C=N–C) groups is 1. The largest absolute Gasteiger partial charge is 0.264 e. The van der Waals surface area contributed by atoms with Crippen LogP contribution in [-0.4, -0.2) is 28.9 Å². The molecule has 0 atom stereocenters. The van der Waals surface area contributed by atoms with E-state index in [-0.39, 0.29) is 0 Å². The van der Waals surface area contributed by atoms with Gasteiger partial charge in [0, 0.05) is 11.1 Å². The van der Waals surface area contributed by atoms with E-state index in [1.807, 2.05) is 11.9 Å². The minimum absolute atomic E-state index is 0.799. The van der Waals surface area contributed by atoms with Crippen LogP contribution in [0.1, 0.15) is 16.1 Å². The molecule has 0 spiro atoms. The van der Waals surface area contributed by atoms with Crippen molar-refractivity contribution in [1.29, 1.82) is 0 Å². The van der Waals surface area contributed by atoms with Crippen molar-refractivity contribution in [2.24, 2.45) is 15.3 Å². The first kappa shape index (κ1) is 10.1. The van der Waals surface area contributed by atoms with Crippen LogP contribution in [0.3, 0.4) is 0 Å². The normalized spacial score (nSPS) is 17.0. The number of fused-ring (bicyclic) bond motifs is 5. The molecule has 5 nitrogen and oxygen atoms in total. The number of hydrogen-bond acceptors (Lipinski definition) is 6. The van der Waals surface area contributed by atoms with E-state index in [9.17, 15) is 0 Å². The van der Waals surface area contributed by atoms with Gasteiger partial charge in [0.05, 0.1) is 13.1 Å². The topological polar surface area (TPSA) is 53.2 Å². The van der Waals surface area contributed by atoms with Gasteiger partial charge in [0.2, 0.25) is 0 Å². The standard InChI is InChI=1S/C12H11N5S/c1-6-5-8-9-10(18-12(8)14-7(6)2)11-13-3-4-17(11)16-15-9/h5H,3-4H2,1-2H3. The van der Waals surface area contributed by atoms with Crippen LogP contribution in [-0.2, 0) is 0 Å². The van der Waals surface area contributed by atoms with Gasteiger partial charge in [-0.1, -0.05) is 5.22 Å². The molecular weight excluding hydrogens is 246 g/mol. The van der Waals surface area contributed by atoms with Gasteiger partial charge in [-0.2, -0.15) is 0 Å². The van der Waals surface area contributed by atoms with E-state index in [2.05, 4.69) is 33.3 Å². The van der Waals surface area contributed by atoms with Crippen molar-refractivity contribution in [3.63, 3.8) is 0 Å². The lowest BCUT2D eigenvalue weighted by Gasteiger charge is -2.15. The molecule has 0 saturated heterocycles. The van der Waals surface area contributed by atoms with Crippen molar-refractivity contribution in [2.45, 2.75) is 13.8 Å². The fourth-order valence-corrected chi connectivity index (χ4v) is 3.41. The average molecular weight is 257 g/mol. The van der Waals surface area contributed by atoms with E-state index >= 15 is 0 Å². The van der Waals surface area contributed by atoms with Crippen LogP contribution in [0.2, 0.25) is 0 Å². The molecule has 2 aliphatic heterocycles. The number of hydrogen-bond donors (Lipinski definition) is 0. The van der Waals surface area contributed by atoms with E-state index in [4.69, 9.17) is 0 Å². The van der Waals surface area contributed by atoms with Crippen LogP contribution < -0.4 is 0 Å². The van der Waals surface area contributed by atoms with Gasteiger partial charge in [0.25, 0.3) is 0 Å². The molecule has 6 heteroatoms. The monoisotopic (exact) mass is 257 g/mol. The van der Waals surface area contributed by atoms with Gasteiger partial charge in [-0.25, -0.2) is 9.99 Å². The number of amidine groups is 1. The van der Waals surface area contributed by atoms with Gasteiger partial charge >= 0.3 is 0 Å². The first-order valence-electron chi connectivity index (χ1n) is 5.89. The highest BCUT2D eigenvalue weighted by Gasteiger charge is 2.29. The SMILES string of the molecule is Cc1cc2c3c(sc2nc1C)C1=NCCN1N=N3. The summed E-state index contributed by atoms with van der Waals surface area (Å²) in [6, 6.07) is 2.15. The summed E-state index contributed by atoms with van der Waals surface area (Å²) in [7, 11) is 0. The third kappa shape index (κ3) is 1.21. The van der Waals surface area contributed by atoms with Gasteiger partial charge < -0.3 is 0 Å². The minimum Gasteiger partial charge on any atom is -0.264 e. The van der Waals surface area contributed by atoms with Gasteiger partial charge in [-0.3, -0.25) is 4.99 Å². The number of thiophene rings is 1. The zero-order valence-corrected chi connectivity index (χ0v) is 11.0. The lowest BCUT2D eigenvalue weighted by atomic mass is 10.1. The molecule has 0 N–H and O–H groups in total. The molecule has 0 aromatic carbocycles. The molecule has 2 aromatic rings. The third-order valence-electron chi connectivity index (χ3n) is 3.37. The molecule has 0 saturated carbocycles. The van der Waals surface area contributed by atoms with Gasteiger partial charge in [-0.15, -0.1) is 16.5 Å². The first-order valence-corrected chi connectivity index (χ1v) is 6.70. The molecular formula is C12H11N5S. The molecule has 2 aliphatic rings. The zero-order chi connectivity index (χ0) is 12.3. The van der Waals surface area contributed by atoms with Crippen molar-refractivity contribution >= 4 is 33.1 Å². The Morgan fingerprint density at radius 2 is 2.22 bits per heavy atom. The fraction of sp³-hybridized carbons (Fsp3) is 0.333. The first-order chi connectivity index (χ1) is 8.74. The molecule has 0 fully saturated rings. The summed E-state index contributed by atoms with van der Waals surface area (Å²) in [6.45, 7) is 5.74. The molecule has 18 heavy (non-hydrogen) atoms. The highest BCUT2D eigenvalue weighted by atomic mass is 32.1. The van der Waals surface area contributed by atoms with E-state index < -0.39 is 0 Å². The van der Waals surface area contributed by atoms with Crippen LogP contribution in [0.25, 0.3) is 10.2 Å². The quantitative estimate of drug-likeness (QED) is 0.728. The molecule has 4 heterocycles. The van der Waals surface area contributed by atoms with Gasteiger partial charge in [0.15, 0.2) is 5.84 Å². The highest BCUT2D eigenvalue weighted by Crippen LogP contribution is 2.41. The summed E-state index contributed by atoms with van der Waals surface area (Å²) in [5.41, 5.74) is 3.19. The number of aryl methyl sites for hydroxylation is 2. The van der Waals surface area contributed by atoms with E-state index in [0.29, 0.717) is 0 Å². The summed E-state index contributed by atoms with van der Waals surface area (Å²) >= 11 is 1.66. The smallest absolute Gasteiger partial charge is 0.165 e. The zero-order valence-electron chi connectivity index (χ0n) is 10.1. The minimum atomic E-state index is 0.799. The molecule has 0 amide bonds. The predicted octanol–water partition coefficient (Wildman–Crippen LogP) is 2.99. The number of aromatic nitrogens is 1. The Morgan fingerprint density at radius 1 is 1.33 bits per heavy atom. The van der Waals surface area contributed by atoms with E-state index in [0.717, 1.165) is 45.4 Å². The molecule has 90 valence electrons. The Bertz CT molecular complexity index is 728. The summed E-state index contributed by atoms with van der Waals surface area (Å²) < 4.78 is 0. The van der Waals surface area contributed by atoms with Crippen molar-refractivity contribution in [1.82, 2.24) is 9.99 Å². The van der Waals surface area contributed by atoms with Gasteiger partial charge in [0.1, 0.15) is 15.4 Å². The van der Waals surface area contributed by atoms with Crippen LogP contribution in [0, 0.1) is 13.8 Å². The van der Waals surface area contributed by atoms with Crippen molar-refractivity contribution in [2.75, 3.05) is 13.1 Å². The third-order valence-corrected chi connectivity index (χ3v) is 4.46. The Morgan fingerprint density at radius 3 is 3.11 bits per heavy atom. The van der Waals surface area contributed by atoms with Gasteiger partial charge in [-0.05, 0) is 25.5 Å². The molecule has 0 radical (unpaired) electrons. The molecule has 0 unspecified atom stereocenters. The number of pyridine rings is 1. The second kappa shape index (κ2) is 3.35. The molecule has 0 aliphatic carbocycles. The van der Waals surface area contributed by atoms with Crippen molar-refractivity contribution in [3.8, 4) is 0 Å². The maximum atomic E-state index is 4.64. The van der Waals surface area contributed by atoms with Crippen molar-refractivity contribution < 1.29 is 0 Å². The summed E-state index contributed by atoms with van der Waals surface area (Å²) in [6.07, 6.45) is 0. The lowest BCUT2D eigenvalue weighted by molar-refractivity contribution is 0.454. The fourth-order valence-electron chi connectivity index (χ4n) is 2.26. The average Bonchev–Trinajstić information content (AvgIpc) is 2.93. The molecule has 0 bridgehead atoms. The van der Waals surface area contributed by atoms with E-state index in [1.54, 1.807) is 11.3 Å².